The summed E-state index contributed by atoms with van der Waals surface area (Å²) in [4.78, 5) is 11.3. The first-order valence-electron chi connectivity index (χ1n) is 8.78. The monoisotopic (exact) mass is 336 g/mol. The van der Waals surface area contributed by atoms with Crippen LogP contribution in [0.4, 0.5) is 5.82 Å². The summed E-state index contributed by atoms with van der Waals surface area (Å²) in [6, 6.07) is 3.97. The molecule has 0 aromatic carbocycles. The predicted octanol–water partition coefficient (Wildman–Crippen LogP) is 2.65. The van der Waals surface area contributed by atoms with Crippen LogP contribution in [0.25, 0.3) is 11.5 Å². The van der Waals surface area contributed by atoms with Gasteiger partial charge in [0.2, 0.25) is 0 Å². The van der Waals surface area contributed by atoms with Crippen LogP contribution in [0.1, 0.15) is 36.3 Å². The van der Waals surface area contributed by atoms with Gasteiger partial charge in [0.15, 0.2) is 5.82 Å². The number of nitrogens with zero attached hydrogens (tertiary/aromatic N) is 5. The van der Waals surface area contributed by atoms with Crippen LogP contribution in [0.2, 0.25) is 0 Å². The van der Waals surface area contributed by atoms with Crippen molar-refractivity contribution in [2.45, 2.75) is 38.0 Å². The highest BCUT2D eigenvalue weighted by atomic mass is 16.5. The van der Waals surface area contributed by atoms with Gasteiger partial charge in [-0.25, -0.2) is 4.98 Å². The highest BCUT2D eigenvalue weighted by Gasteiger charge is 2.43. The van der Waals surface area contributed by atoms with E-state index in [1.165, 1.54) is 24.1 Å². The van der Waals surface area contributed by atoms with E-state index in [9.17, 15) is 0 Å². The normalized spacial score (nSPS) is 22.5. The zero-order chi connectivity index (χ0) is 16.9. The Morgan fingerprint density at radius 1 is 1.32 bits per heavy atom. The lowest BCUT2D eigenvalue weighted by atomic mass is 9.77. The van der Waals surface area contributed by atoms with Gasteiger partial charge in [0.05, 0.1) is 6.20 Å². The fraction of sp³-hybridized carbons (Fsp3) is 0.444. The number of aromatic amines is 1. The quantitative estimate of drug-likeness (QED) is 0.774. The van der Waals surface area contributed by atoms with Crippen LogP contribution < -0.4 is 4.90 Å². The number of hydrogen-bond acceptors (Lipinski definition) is 6. The summed E-state index contributed by atoms with van der Waals surface area (Å²) in [6.07, 6.45) is 8.48. The topological polar surface area (TPSA) is 83.7 Å². The van der Waals surface area contributed by atoms with Crippen molar-refractivity contribution in [3.8, 4) is 11.5 Å². The Hall–Kier alpha value is -2.70. The number of nitrogens with one attached hydrogen (secondary N) is 1. The van der Waals surface area contributed by atoms with Crippen molar-refractivity contribution in [3.63, 3.8) is 0 Å². The number of rotatable bonds is 2. The molecular weight excluding hydrogens is 316 g/mol. The molecule has 1 spiro atoms. The Labute approximate surface area is 145 Å². The van der Waals surface area contributed by atoms with E-state index < -0.39 is 0 Å². The number of hydrogen-bond donors (Lipinski definition) is 1. The molecule has 25 heavy (non-hydrogen) atoms. The van der Waals surface area contributed by atoms with Crippen molar-refractivity contribution in [2.75, 3.05) is 18.0 Å². The number of anilines is 1. The summed E-state index contributed by atoms with van der Waals surface area (Å²) in [6.45, 7) is 3.82. The summed E-state index contributed by atoms with van der Waals surface area (Å²) in [5.41, 5.74) is 3.81. The van der Waals surface area contributed by atoms with E-state index in [4.69, 9.17) is 4.52 Å². The molecule has 5 rings (SSSR count). The second kappa shape index (κ2) is 5.40. The maximum absolute atomic E-state index is 5.30. The van der Waals surface area contributed by atoms with E-state index in [1.807, 2.05) is 25.4 Å². The molecule has 0 bridgehead atoms. The molecule has 3 aromatic rings. The Kier molecular flexibility index (Phi) is 3.16. The molecule has 4 heterocycles. The second-order valence-corrected chi connectivity index (χ2v) is 7.13. The highest BCUT2D eigenvalue weighted by molar-refractivity contribution is 5.59. The molecule has 1 N–H and O–H groups in total. The van der Waals surface area contributed by atoms with Gasteiger partial charge in [-0.2, -0.15) is 10.1 Å². The van der Waals surface area contributed by atoms with Gasteiger partial charge in [0.1, 0.15) is 5.82 Å². The number of H-pyrrole nitrogens is 1. The number of fused-ring (bicyclic) bond motifs is 2. The largest absolute Gasteiger partial charge is 0.356 e. The fourth-order valence-electron chi connectivity index (χ4n) is 4.33. The molecule has 7 heteroatoms. The molecule has 0 amide bonds. The van der Waals surface area contributed by atoms with E-state index in [0.29, 0.717) is 11.7 Å². The average molecular weight is 336 g/mol. The third-order valence-corrected chi connectivity index (χ3v) is 5.54. The van der Waals surface area contributed by atoms with Crippen molar-refractivity contribution in [1.82, 2.24) is 25.3 Å². The zero-order valence-electron chi connectivity index (χ0n) is 14.2. The fourth-order valence-corrected chi connectivity index (χ4v) is 4.33. The molecule has 1 aliphatic heterocycles. The summed E-state index contributed by atoms with van der Waals surface area (Å²) in [5, 5.41) is 11.4. The molecule has 1 atom stereocenters. The molecule has 1 aliphatic carbocycles. The predicted molar refractivity (Wildman–Crippen MR) is 92.3 cm³/mol. The minimum atomic E-state index is 0.183. The Morgan fingerprint density at radius 2 is 2.28 bits per heavy atom. The first-order chi connectivity index (χ1) is 12.2. The maximum atomic E-state index is 5.30. The van der Waals surface area contributed by atoms with Crippen molar-refractivity contribution < 1.29 is 4.52 Å². The van der Waals surface area contributed by atoms with Crippen LogP contribution in [0.5, 0.6) is 0 Å². The summed E-state index contributed by atoms with van der Waals surface area (Å²) in [5.74, 6) is 2.16. The standard InChI is InChI=1S/C18H20N6O/c1-12-21-17(25-23-12)13-4-7-19-15(9-13)24-8-2-5-18(11-24)6-3-14-10-20-22-16(14)18/h4,7,9-10H,2-3,5-6,8,11H2,1H3,(H,20,22). The molecule has 1 unspecified atom stereocenters. The third-order valence-electron chi connectivity index (χ3n) is 5.54. The van der Waals surface area contributed by atoms with Crippen molar-refractivity contribution in [3.05, 3.63) is 41.6 Å². The summed E-state index contributed by atoms with van der Waals surface area (Å²) >= 11 is 0. The number of pyridine rings is 1. The molecule has 3 aromatic heterocycles. The van der Waals surface area contributed by atoms with Gasteiger partial charge in [0.25, 0.3) is 5.89 Å². The third kappa shape index (κ3) is 2.33. The van der Waals surface area contributed by atoms with Crippen LogP contribution in [0, 0.1) is 6.92 Å². The van der Waals surface area contributed by atoms with Crippen LogP contribution in [0.15, 0.2) is 29.0 Å². The van der Waals surface area contributed by atoms with Gasteiger partial charge in [-0.3, -0.25) is 5.10 Å². The van der Waals surface area contributed by atoms with Crippen LogP contribution >= 0.6 is 0 Å². The number of piperidine rings is 1. The summed E-state index contributed by atoms with van der Waals surface area (Å²) in [7, 11) is 0. The number of aromatic nitrogens is 5. The van der Waals surface area contributed by atoms with Crippen molar-refractivity contribution >= 4 is 5.82 Å². The second-order valence-electron chi connectivity index (χ2n) is 7.13. The molecular formula is C18H20N6O. The van der Waals surface area contributed by atoms with E-state index in [2.05, 4.69) is 36.3 Å². The molecule has 2 aliphatic rings. The van der Waals surface area contributed by atoms with Crippen LogP contribution in [-0.4, -0.2) is 38.4 Å². The lowest BCUT2D eigenvalue weighted by Crippen LogP contribution is -2.45. The van der Waals surface area contributed by atoms with E-state index >= 15 is 0 Å². The van der Waals surface area contributed by atoms with Crippen LogP contribution in [-0.2, 0) is 11.8 Å². The van der Waals surface area contributed by atoms with Gasteiger partial charge in [-0.05, 0) is 50.3 Å². The van der Waals surface area contributed by atoms with E-state index in [1.54, 1.807) is 0 Å². The minimum absolute atomic E-state index is 0.183. The maximum Gasteiger partial charge on any atom is 0.258 e. The first-order valence-corrected chi connectivity index (χ1v) is 8.78. The molecule has 0 radical (unpaired) electrons. The van der Waals surface area contributed by atoms with Gasteiger partial charge in [-0.1, -0.05) is 5.16 Å². The molecule has 0 saturated carbocycles. The first kappa shape index (κ1) is 14.6. The Balaban J connectivity index is 1.46. The zero-order valence-corrected chi connectivity index (χ0v) is 14.2. The van der Waals surface area contributed by atoms with Crippen molar-refractivity contribution in [2.24, 2.45) is 0 Å². The molecule has 7 nitrogen and oxygen atoms in total. The van der Waals surface area contributed by atoms with Gasteiger partial charge in [0, 0.05) is 36.0 Å². The Bertz CT molecular complexity index is 916. The van der Waals surface area contributed by atoms with Gasteiger partial charge in [-0.15, -0.1) is 0 Å². The Morgan fingerprint density at radius 3 is 3.16 bits per heavy atom. The smallest absolute Gasteiger partial charge is 0.258 e. The lowest BCUT2D eigenvalue weighted by Gasteiger charge is -2.41. The van der Waals surface area contributed by atoms with E-state index in [0.717, 1.165) is 37.3 Å². The molecule has 1 fully saturated rings. The molecule has 128 valence electrons. The van der Waals surface area contributed by atoms with E-state index in [-0.39, 0.29) is 5.41 Å². The summed E-state index contributed by atoms with van der Waals surface area (Å²) < 4.78 is 5.30. The van der Waals surface area contributed by atoms with Crippen LogP contribution in [0.3, 0.4) is 0 Å². The van der Waals surface area contributed by atoms with Gasteiger partial charge >= 0.3 is 0 Å². The highest BCUT2D eigenvalue weighted by Crippen LogP contribution is 2.44. The number of aryl methyl sites for hydroxylation is 2. The molecule has 1 saturated heterocycles. The average Bonchev–Trinajstić information content (AvgIpc) is 3.35. The van der Waals surface area contributed by atoms with Crippen molar-refractivity contribution in [1.29, 1.82) is 0 Å². The van der Waals surface area contributed by atoms with Gasteiger partial charge < -0.3 is 9.42 Å². The minimum Gasteiger partial charge on any atom is -0.356 e. The lowest BCUT2D eigenvalue weighted by molar-refractivity contribution is 0.331. The SMILES string of the molecule is Cc1noc(-c2ccnc(N3CCCC4(CCc5cn[nH]c54)C3)c2)n1.